The normalized spacial score (nSPS) is 12.4. The zero-order valence-corrected chi connectivity index (χ0v) is 15.6. The molecule has 3 aromatic carbocycles. The van der Waals surface area contributed by atoms with E-state index in [9.17, 15) is 9.18 Å². The lowest BCUT2D eigenvalue weighted by molar-refractivity contribution is 0.0999. The highest BCUT2D eigenvalue weighted by molar-refractivity contribution is 7.99. The molecule has 0 radical (unpaired) electrons. The number of ketones is 1. The molecule has 0 saturated heterocycles. The Balaban J connectivity index is 1.65. The number of Topliss-reactive ketones (excluding diaryl/α,β-unsaturated/α-hetero) is 1. The number of anilines is 2. The molecule has 0 atom stereocenters. The molecule has 1 aliphatic heterocycles. The predicted octanol–water partition coefficient (Wildman–Crippen LogP) is 6.21. The van der Waals surface area contributed by atoms with Crippen LogP contribution in [0.15, 0.2) is 82.6 Å². The first kappa shape index (κ1) is 18.0. The van der Waals surface area contributed by atoms with E-state index >= 15 is 0 Å². The maximum absolute atomic E-state index is 13.2. The second-order valence-electron chi connectivity index (χ2n) is 6.31. The van der Waals surface area contributed by atoms with E-state index in [0.29, 0.717) is 16.7 Å². The molecule has 3 nitrogen and oxygen atoms in total. The van der Waals surface area contributed by atoms with Gasteiger partial charge in [-0.3, -0.25) is 4.79 Å². The molecule has 136 valence electrons. The van der Waals surface area contributed by atoms with E-state index in [4.69, 9.17) is 5.26 Å². The third-order valence-corrected chi connectivity index (χ3v) is 5.63. The van der Waals surface area contributed by atoms with Gasteiger partial charge in [-0.2, -0.15) is 5.26 Å². The molecular weight excluding hydrogens is 371 g/mol. The summed E-state index contributed by atoms with van der Waals surface area (Å²) < 4.78 is 13.2. The van der Waals surface area contributed by atoms with Crippen LogP contribution in [0, 0.1) is 17.1 Å². The maximum Gasteiger partial charge on any atom is 0.169 e. The summed E-state index contributed by atoms with van der Waals surface area (Å²) >= 11 is 1.62. The van der Waals surface area contributed by atoms with Crippen molar-refractivity contribution < 1.29 is 9.18 Å². The van der Waals surface area contributed by atoms with Crippen molar-refractivity contribution in [3.8, 4) is 6.07 Å². The average Bonchev–Trinajstić information content (AvgIpc) is 2.72. The van der Waals surface area contributed by atoms with Gasteiger partial charge in [-0.05, 0) is 47.5 Å². The number of nitriles is 1. The highest BCUT2D eigenvalue weighted by atomic mass is 32.2. The molecule has 0 amide bonds. The summed E-state index contributed by atoms with van der Waals surface area (Å²) in [6, 6.07) is 21.4. The van der Waals surface area contributed by atoms with Crippen molar-refractivity contribution in [1.29, 1.82) is 5.26 Å². The van der Waals surface area contributed by atoms with Gasteiger partial charge in [-0.1, -0.05) is 42.1 Å². The van der Waals surface area contributed by atoms with Crippen LogP contribution in [0.25, 0.3) is 5.57 Å². The molecule has 4 rings (SSSR count). The summed E-state index contributed by atoms with van der Waals surface area (Å²) in [7, 11) is 0. The summed E-state index contributed by atoms with van der Waals surface area (Å²) in [6.07, 6.45) is 1.40. The molecular formula is C23H15FN2OS. The highest BCUT2D eigenvalue weighted by Crippen LogP contribution is 2.45. The van der Waals surface area contributed by atoms with Crippen LogP contribution in [0.2, 0.25) is 0 Å². The molecule has 0 fully saturated rings. The van der Waals surface area contributed by atoms with Gasteiger partial charge in [0.25, 0.3) is 0 Å². The molecule has 0 bridgehead atoms. The Kier molecular flexibility index (Phi) is 4.96. The van der Waals surface area contributed by atoms with Gasteiger partial charge in [-0.15, -0.1) is 0 Å². The molecule has 1 heterocycles. The van der Waals surface area contributed by atoms with Crippen LogP contribution in [0.5, 0.6) is 0 Å². The minimum atomic E-state index is -0.358. The second-order valence-corrected chi connectivity index (χ2v) is 7.39. The molecule has 0 aliphatic carbocycles. The fourth-order valence-corrected chi connectivity index (χ4v) is 4.16. The topological polar surface area (TPSA) is 52.9 Å². The van der Waals surface area contributed by atoms with Gasteiger partial charge in [0.05, 0.1) is 17.4 Å². The van der Waals surface area contributed by atoms with E-state index < -0.39 is 0 Å². The number of hydrogen-bond acceptors (Lipinski definition) is 4. The van der Waals surface area contributed by atoms with Crippen molar-refractivity contribution in [2.75, 3.05) is 5.32 Å². The van der Waals surface area contributed by atoms with Gasteiger partial charge < -0.3 is 5.32 Å². The average molecular weight is 386 g/mol. The van der Waals surface area contributed by atoms with Gasteiger partial charge in [0.1, 0.15) is 5.82 Å². The minimum Gasteiger partial charge on any atom is -0.353 e. The lowest BCUT2D eigenvalue weighted by Crippen LogP contribution is -2.08. The molecule has 5 heteroatoms. The zero-order valence-electron chi connectivity index (χ0n) is 14.8. The number of para-hydroxylation sites is 2. The van der Waals surface area contributed by atoms with Crippen molar-refractivity contribution in [2.45, 2.75) is 16.2 Å². The lowest BCUT2D eigenvalue weighted by atomic mass is 9.96. The van der Waals surface area contributed by atoms with Crippen molar-refractivity contribution in [1.82, 2.24) is 0 Å². The van der Waals surface area contributed by atoms with Gasteiger partial charge in [0.15, 0.2) is 5.78 Å². The first-order valence-electron chi connectivity index (χ1n) is 8.70. The van der Waals surface area contributed by atoms with Crippen LogP contribution in [0.3, 0.4) is 0 Å². The van der Waals surface area contributed by atoms with Gasteiger partial charge >= 0.3 is 0 Å². The van der Waals surface area contributed by atoms with E-state index in [-0.39, 0.29) is 18.0 Å². The van der Waals surface area contributed by atoms with Crippen LogP contribution < -0.4 is 5.32 Å². The van der Waals surface area contributed by atoms with Crippen LogP contribution in [-0.2, 0) is 0 Å². The Morgan fingerprint density at radius 1 is 1.04 bits per heavy atom. The number of fused-ring (bicyclic) bond motifs is 2. The molecule has 0 saturated carbocycles. The van der Waals surface area contributed by atoms with Crippen molar-refractivity contribution in [2.24, 2.45) is 0 Å². The fraction of sp³-hybridized carbons (Fsp3) is 0.0435. The van der Waals surface area contributed by atoms with E-state index in [1.54, 1.807) is 30.0 Å². The maximum atomic E-state index is 13.2. The predicted molar refractivity (Wildman–Crippen MR) is 109 cm³/mol. The monoisotopic (exact) mass is 386 g/mol. The first-order chi connectivity index (χ1) is 13.7. The molecule has 0 spiro atoms. The molecule has 0 unspecified atom stereocenters. The van der Waals surface area contributed by atoms with Crippen molar-refractivity contribution in [3.63, 3.8) is 0 Å². The number of nitrogens with zero attached hydrogens (tertiary/aromatic N) is 1. The smallest absolute Gasteiger partial charge is 0.169 e. The summed E-state index contributed by atoms with van der Waals surface area (Å²) in [4.78, 5) is 15.2. The number of rotatable bonds is 4. The SMILES string of the molecule is N#CC=C(CC(=O)c1cccc2c1Nc1ccccc1S2)c1ccc(F)cc1. The third-order valence-electron chi connectivity index (χ3n) is 4.50. The quantitative estimate of drug-likeness (QED) is 0.334. The van der Waals surface area contributed by atoms with Crippen molar-refractivity contribution >= 4 is 34.5 Å². The van der Waals surface area contributed by atoms with Crippen LogP contribution in [0.1, 0.15) is 22.3 Å². The summed E-state index contributed by atoms with van der Waals surface area (Å²) in [5, 5.41) is 12.5. The molecule has 1 aliphatic rings. The molecule has 28 heavy (non-hydrogen) atoms. The third kappa shape index (κ3) is 3.55. The molecule has 3 aromatic rings. The Bertz CT molecular complexity index is 1130. The van der Waals surface area contributed by atoms with Crippen LogP contribution in [-0.4, -0.2) is 5.78 Å². The van der Waals surface area contributed by atoms with Crippen LogP contribution >= 0.6 is 11.8 Å². The fourth-order valence-electron chi connectivity index (χ4n) is 3.14. The number of carbonyl (C=O) groups is 1. The zero-order chi connectivity index (χ0) is 19.5. The van der Waals surface area contributed by atoms with Gasteiger partial charge in [0, 0.05) is 27.9 Å². The van der Waals surface area contributed by atoms with E-state index in [1.807, 2.05) is 42.5 Å². The highest BCUT2D eigenvalue weighted by Gasteiger charge is 2.22. The largest absolute Gasteiger partial charge is 0.353 e. The number of carbonyl (C=O) groups excluding carboxylic acids is 1. The first-order valence-corrected chi connectivity index (χ1v) is 9.52. The standard InChI is InChI=1S/C23H15FN2OS/c24-17-10-8-15(9-11-17)16(12-13-25)14-20(27)18-4-3-7-22-23(18)26-19-5-1-2-6-21(19)28-22/h1-12,26H,14H2. The Hall–Kier alpha value is -3.36. The van der Waals surface area contributed by atoms with E-state index in [1.165, 1.54) is 18.2 Å². The van der Waals surface area contributed by atoms with E-state index in [0.717, 1.165) is 21.2 Å². The summed E-state index contributed by atoms with van der Waals surface area (Å²) in [5.74, 6) is -0.460. The summed E-state index contributed by atoms with van der Waals surface area (Å²) in [6.45, 7) is 0. The Labute approximate surface area is 166 Å². The van der Waals surface area contributed by atoms with Crippen LogP contribution in [0.4, 0.5) is 15.8 Å². The Morgan fingerprint density at radius 3 is 2.57 bits per heavy atom. The number of halogens is 1. The number of nitrogens with one attached hydrogen (secondary N) is 1. The Morgan fingerprint density at radius 2 is 1.79 bits per heavy atom. The van der Waals surface area contributed by atoms with Gasteiger partial charge in [0.2, 0.25) is 0 Å². The summed E-state index contributed by atoms with van der Waals surface area (Å²) in [5.41, 5.74) is 3.55. The lowest BCUT2D eigenvalue weighted by Gasteiger charge is -2.23. The minimum absolute atomic E-state index is 0.0592. The number of benzene rings is 3. The molecule has 0 aromatic heterocycles. The molecule has 1 N–H and O–H groups in total. The van der Waals surface area contributed by atoms with Crippen molar-refractivity contribution in [3.05, 3.63) is 89.8 Å². The number of allylic oxidation sites excluding steroid dienone is 2. The number of hydrogen-bond donors (Lipinski definition) is 1. The van der Waals surface area contributed by atoms with Gasteiger partial charge in [-0.25, -0.2) is 4.39 Å². The van der Waals surface area contributed by atoms with E-state index in [2.05, 4.69) is 5.32 Å². The second kappa shape index (κ2) is 7.71.